The Morgan fingerprint density at radius 1 is 0.938 bits per heavy atom. The number of nitro groups is 1. The molecule has 4 rings (SSSR count). The molecule has 0 heterocycles. The highest BCUT2D eigenvalue weighted by Gasteiger charge is 2.16. The summed E-state index contributed by atoms with van der Waals surface area (Å²) in [4.78, 5) is 27.4. The van der Waals surface area contributed by atoms with Gasteiger partial charge in [-0.15, -0.1) is 0 Å². The first kappa shape index (κ1) is 20.7. The largest absolute Gasteiger partial charge is 0.493 e. The molecule has 0 aliphatic carbocycles. The molecule has 0 aliphatic heterocycles. The molecule has 0 amide bonds. The fourth-order valence-electron chi connectivity index (χ4n) is 3.22. The van der Waals surface area contributed by atoms with Gasteiger partial charge in [0.25, 0.3) is 5.69 Å². The van der Waals surface area contributed by atoms with E-state index in [1.54, 1.807) is 24.4 Å². The van der Waals surface area contributed by atoms with Crippen molar-refractivity contribution in [3.05, 3.63) is 106 Å². The molecule has 0 bridgehead atoms. The zero-order valence-electron chi connectivity index (χ0n) is 17.1. The first-order valence-corrected chi connectivity index (χ1v) is 9.71. The number of benzene rings is 4. The Labute approximate surface area is 183 Å². The van der Waals surface area contributed by atoms with Crippen molar-refractivity contribution in [1.82, 2.24) is 0 Å². The summed E-state index contributed by atoms with van der Waals surface area (Å²) >= 11 is 0. The summed E-state index contributed by atoms with van der Waals surface area (Å²) in [5.41, 5.74) is 1.47. The van der Waals surface area contributed by atoms with Crippen LogP contribution in [0.1, 0.15) is 15.9 Å². The van der Waals surface area contributed by atoms with E-state index in [0.717, 1.165) is 22.0 Å². The molecule has 0 aromatic heterocycles. The predicted molar refractivity (Wildman–Crippen MR) is 122 cm³/mol. The van der Waals surface area contributed by atoms with E-state index in [0.29, 0.717) is 5.75 Å². The summed E-state index contributed by atoms with van der Waals surface area (Å²) in [6.45, 7) is 0. The summed E-state index contributed by atoms with van der Waals surface area (Å²) < 4.78 is 10.8. The van der Waals surface area contributed by atoms with E-state index in [9.17, 15) is 14.9 Å². The number of carbonyl (C=O) groups excluding carboxylic acids is 1. The van der Waals surface area contributed by atoms with Gasteiger partial charge >= 0.3 is 5.97 Å². The molecular weight excluding hydrogens is 408 g/mol. The normalized spacial score (nSPS) is 10.9. The Morgan fingerprint density at radius 2 is 1.72 bits per heavy atom. The summed E-state index contributed by atoms with van der Waals surface area (Å²) in [6, 6.07) is 24.3. The topological polar surface area (TPSA) is 91.0 Å². The van der Waals surface area contributed by atoms with Crippen LogP contribution in [0.15, 0.2) is 89.9 Å². The van der Waals surface area contributed by atoms with Crippen molar-refractivity contribution in [2.45, 2.75) is 0 Å². The van der Waals surface area contributed by atoms with Crippen LogP contribution < -0.4 is 9.47 Å². The lowest BCUT2D eigenvalue weighted by Crippen LogP contribution is -2.09. The smallest absolute Gasteiger partial charge is 0.343 e. The Bertz CT molecular complexity index is 1340. The second kappa shape index (κ2) is 9.09. The Balaban J connectivity index is 1.56. The zero-order valence-corrected chi connectivity index (χ0v) is 17.1. The standard InChI is InChI=1S/C25H18N2O5/c1-31-24-14-17(16-26-22-11-5-7-18-6-2-3-10-21(18)22)12-13-23(24)32-25(28)19-8-4-9-20(15-19)27(29)30/h2-16H,1H3. The molecule has 0 radical (unpaired) electrons. The zero-order chi connectivity index (χ0) is 22.5. The molecule has 0 aliphatic rings. The Morgan fingerprint density at radius 3 is 2.53 bits per heavy atom. The molecular formula is C25H18N2O5. The molecule has 4 aromatic carbocycles. The molecule has 4 aromatic rings. The van der Waals surface area contributed by atoms with Gasteiger partial charge in [-0.1, -0.05) is 42.5 Å². The van der Waals surface area contributed by atoms with Crippen LogP contribution in [0, 0.1) is 10.1 Å². The molecule has 0 saturated heterocycles. The van der Waals surface area contributed by atoms with Crippen LogP contribution in [-0.2, 0) is 0 Å². The van der Waals surface area contributed by atoms with E-state index >= 15 is 0 Å². The van der Waals surface area contributed by atoms with E-state index in [1.165, 1.54) is 31.4 Å². The van der Waals surface area contributed by atoms with Gasteiger partial charge in [0.2, 0.25) is 0 Å². The number of hydrogen-bond acceptors (Lipinski definition) is 6. The molecule has 0 fully saturated rings. The van der Waals surface area contributed by atoms with E-state index in [4.69, 9.17) is 9.47 Å². The van der Waals surface area contributed by atoms with Crippen LogP contribution in [-0.4, -0.2) is 24.2 Å². The highest BCUT2D eigenvalue weighted by molar-refractivity contribution is 5.95. The van der Waals surface area contributed by atoms with E-state index in [2.05, 4.69) is 4.99 Å². The van der Waals surface area contributed by atoms with E-state index < -0.39 is 10.9 Å². The van der Waals surface area contributed by atoms with Crippen LogP contribution in [0.4, 0.5) is 11.4 Å². The third-order valence-electron chi connectivity index (χ3n) is 4.80. The number of rotatable bonds is 6. The molecule has 7 heteroatoms. The number of hydrogen-bond donors (Lipinski definition) is 0. The molecule has 7 nitrogen and oxygen atoms in total. The molecule has 0 saturated carbocycles. The average Bonchev–Trinajstić information content (AvgIpc) is 2.83. The van der Waals surface area contributed by atoms with Gasteiger partial charge in [-0.3, -0.25) is 15.1 Å². The van der Waals surface area contributed by atoms with Crippen molar-refractivity contribution >= 4 is 34.3 Å². The van der Waals surface area contributed by atoms with Crippen LogP contribution in [0.3, 0.4) is 0 Å². The molecule has 0 atom stereocenters. The fourth-order valence-corrected chi connectivity index (χ4v) is 3.22. The number of methoxy groups -OCH3 is 1. The minimum atomic E-state index is -0.718. The van der Waals surface area contributed by atoms with Gasteiger partial charge in [-0.25, -0.2) is 4.79 Å². The molecule has 158 valence electrons. The average molecular weight is 426 g/mol. The number of carbonyl (C=O) groups is 1. The number of non-ortho nitro benzene ring substituents is 1. The minimum Gasteiger partial charge on any atom is -0.493 e. The Kier molecular flexibility index (Phi) is 5.89. The molecule has 0 spiro atoms. The van der Waals surface area contributed by atoms with Crippen molar-refractivity contribution in [2.75, 3.05) is 7.11 Å². The van der Waals surface area contributed by atoms with Gasteiger partial charge in [0.1, 0.15) is 0 Å². The minimum absolute atomic E-state index is 0.0721. The van der Waals surface area contributed by atoms with E-state index in [1.807, 2.05) is 42.5 Å². The maximum atomic E-state index is 12.5. The lowest BCUT2D eigenvalue weighted by molar-refractivity contribution is -0.384. The van der Waals surface area contributed by atoms with Gasteiger partial charge in [-0.05, 0) is 41.3 Å². The molecule has 32 heavy (non-hydrogen) atoms. The quantitative estimate of drug-likeness (QED) is 0.129. The number of aliphatic imine (C=N–C) groups is 1. The van der Waals surface area contributed by atoms with Gasteiger partial charge in [0.05, 0.1) is 23.3 Å². The fraction of sp³-hybridized carbons (Fsp3) is 0.0400. The predicted octanol–water partition coefficient (Wildman–Crippen LogP) is 5.73. The van der Waals surface area contributed by atoms with Crippen molar-refractivity contribution < 1.29 is 19.2 Å². The lowest BCUT2D eigenvalue weighted by Gasteiger charge is -2.10. The maximum absolute atomic E-state index is 12.5. The Hall–Kier alpha value is -4.52. The first-order valence-electron chi connectivity index (χ1n) is 9.71. The monoisotopic (exact) mass is 426 g/mol. The first-order chi connectivity index (χ1) is 15.5. The summed E-state index contributed by atoms with van der Waals surface area (Å²) in [5.74, 6) is -0.179. The number of ether oxygens (including phenoxy) is 2. The highest BCUT2D eigenvalue weighted by Crippen LogP contribution is 2.30. The second-order valence-electron chi connectivity index (χ2n) is 6.86. The van der Waals surface area contributed by atoms with Crippen LogP contribution in [0.5, 0.6) is 11.5 Å². The number of nitro benzene ring substituents is 1. The molecule has 0 unspecified atom stereocenters. The van der Waals surface area contributed by atoms with Gasteiger partial charge < -0.3 is 9.47 Å². The van der Waals surface area contributed by atoms with Gasteiger partial charge in [-0.2, -0.15) is 0 Å². The second-order valence-corrected chi connectivity index (χ2v) is 6.86. The summed E-state index contributed by atoms with van der Waals surface area (Å²) in [6.07, 6.45) is 1.70. The molecule has 0 N–H and O–H groups in total. The SMILES string of the molecule is COc1cc(C=Nc2cccc3ccccc23)ccc1OC(=O)c1cccc([N+](=O)[O-])c1. The van der Waals surface area contributed by atoms with Crippen LogP contribution in [0.2, 0.25) is 0 Å². The lowest BCUT2D eigenvalue weighted by atomic mass is 10.1. The van der Waals surface area contributed by atoms with Crippen molar-refractivity contribution in [3.63, 3.8) is 0 Å². The third kappa shape index (κ3) is 4.46. The summed E-state index contributed by atoms with van der Waals surface area (Å²) in [7, 11) is 1.46. The number of esters is 1. The highest BCUT2D eigenvalue weighted by atomic mass is 16.6. The van der Waals surface area contributed by atoms with Gasteiger partial charge in [0.15, 0.2) is 11.5 Å². The number of nitrogens with zero attached hydrogens (tertiary/aromatic N) is 2. The van der Waals surface area contributed by atoms with Crippen LogP contribution >= 0.6 is 0 Å². The maximum Gasteiger partial charge on any atom is 0.343 e. The van der Waals surface area contributed by atoms with Gasteiger partial charge in [0, 0.05) is 23.7 Å². The van der Waals surface area contributed by atoms with E-state index in [-0.39, 0.29) is 17.0 Å². The van der Waals surface area contributed by atoms with Crippen LogP contribution in [0.25, 0.3) is 10.8 Å². The number of fused-ring (bicyclic) bond motifs is 1. The van der Waals surface area contributed by atoms with Crippen molar-refractivity contribution in [1.29, 1.82) is 0 Å². The summed E-state index contributed by atoms with van der Waals surface area (Å²) in [5, 5.41) is 13.1. The third-order valence-corrected chi connectivity index (χ3v) is 4.80. The van der Waals surface area contributed by atoms with Crippen molar-refractivity contribution in [3.8, 4) is 11.5 Å². The van der Waals surface area contributed by atoms with Crippen molar-refractivity contribution in [2.24, 2.45) is 4.99 Å².